The summed E-state index contributed by atoms with van der Waals surface area (Å²) in [4.78, 5) is 11.2. The molecule has 3 N–H and O–H groups in total. The number of fused-ring (bicyclic) bond motifs is 1. The van der Waals surface area contributed by atoms with Crippen LogP contribution in [0.15, 0.2) is 36.5 Å². The minimum absolute atomic E-state index is 0.211. The van der Waals surface area contributed by atoms with Gasteiger partial charge in [0.15, 0.2) is 5.82 Å². The number of nitrogens with zero attached hydrogens (tertiary/aromatic N) is 4. The van der Waals surface area contributed by atoms with E-state index in [2.05, 4.69) is 31.1 Å². The first kappa shape index (κ1) is 12.3. The highest BCUT2D eigenvalue weighted by Gasteiger charge is 2.23. The molecule has 1 aliphatic heterocycles. The van der Waals surface area contributed by atoms with Crippen molar-refractivity contribution in [2.75, 3.05) is 18.0 Å². The summed E-state index contributed by atoms with van der Waals surface area (Å²) in [5, 5.41) is 9.52. The van der Waals surface area contributed by atoms with E-state index in [0.29, 0.717) is 11.8 Å². The van der Waals surface area contributed by atoms with Crippen molar-refractivity contribution >= 4 is 16.7 Å². The summed E-state index contributed by atoms with van der Waals surface area (Å²) in [6.07, 6.45) is 2.78. The van der Waals surface area contributed by atoms with Gasteiger partial charge in [-0.05, 0) is 17.9 Å². The molecule has 0 spiro atoms. The molecule has 2 aromatic heterocycles. The zero-order valence-electron chi connectivity index (χ0n) is 11.5. The van der Waals surface area contributed by atoms with Crippen LogP contribution in [0, 0.1) is 0 Å². The predicted octanol–water partition coefficient (Wildman–Crippen LogP) is 1.56. The van der Waals surface area contributed by atoms with E-state index in [1.165, 1.54) is 0 Å². The van der Waals surface area contributed by atoms with E-state index in [4.69, 9.17) is 5.73 Å². The maximum atomic E-state index is 5.94. The quantitative estimate of drug-likeness (QED) is 0.744. The molecule has 0 amide bonds. The number of hydrogen-bond acceptors (Lipinski definition) is 5. The smallest absolute Gasteiger partial charge is 0.245 e. The molecule has 1 saturated heterocycles. The molecule has 3 aromatic rings. The lowest BCUT2D eigenvalue weighted by atomic mass is 10.1. The van der Waals surface area contributed by atoms with Gasteiger partial charge in [0.1, 0.15) is 5.69 Å². The van der Waals surface area contributed by atoms with Gasteiger partial charge < -0.3 is 10.6 Å². The molecule has 4 rings (SSSR count). The second-order valence-electron chi connectivity index (χ2n) is 5.36. The van der Waals surface area contributed by atoms with Crippen molar-refractivity contribution in [3.63, 3.8) is 0 Å². The zero-order valence-corrected chi connectivity index (χ0v) is 11.5. The van der Waals surface area contributed by atoms with Gasteiger partial charge in [-0.1, -0.05) is 24.3 Å². The average molecular weight is 280 g/mol. The fraction of sp³-hybridized carbons (Fsp3) is 0.267. The van der Waals surface area contributed by atoms with Crippen LogP contribution in [-0.2, 0) is 0 Å². The Morgan fingerprint density at radius 2 is 2.14 bits per heavy atom. The number of anilines is 1. The molecule has 1 atom stereocenters. The number of benzene rings is 1. The number of pyridine rings is 1. The number of nitrogens with one attached hydrogen (secondary N) is 1. The monoisotopic (exact) mass is 280 g/mol. The van der Waals surface area contributed by atoms with Crippen molar-refractivity contribution in [2.45, 2.75) is 12.5 Å². The van der Waals surface area contributed by atoms with Gasteiger partial charge in [0, 0.05) is 30.7 Å². The average Bonchev–Trinajstić information content (AvgIpc) is 3.15. The van der Waals surface area contributed by atoms with Gasteiger partial charge in [0.05, 0.1) is 0 Å². The molecule has 6 nitrogen and oxygen atoms in total. The van der Waals surface area contributed by atoms with Crippen LogP contribution in [0.3, 0.4) is 0 Å². The highest BCUT2D eigenvalue weighted by molar-refractivity contribution is 5.92. The zero-order chi connectivity index (χ0) is 14.2. The molecule has 3 heterocycles. The molecule has 106 valence electrons. The Morgan fingerprint density at radius 1 is 1.24 bits per heavy atom. The molecule has 0 aliphatic carbocycles. The second-order valence-corrected chi connectivity index (χ2v) is 5.36. The summed E-state index contributed by atoms with van der Waals surface area (Å²) in [7, 11) is 0. The first-order valence-corrected chi connectivity index (χ1v) is 7.08. The standard InChI is InChI=1S/C15H16N6/c16-11-6-8-21(9-11)15-18-14(19-20-15)13-12-4-2-1-3-10(12)5-7-17-13/h1-5,7,11H,6,8-9,16H2,(H,18,19,20). The number of nitrogens with two attached hydrogens (primary N) is 1. The number of H-pyrrole nitrogens is 1. The molecule has 6 heteroatoms. The largest absolute Gasteiger partial charge is 0.338 e. The molecule has 1 aromatic carbocycles. The number of rotatable bonds is 2. The third kappa shape index (κ3) is 2.13. The van der Waals surface area contributed by atoms with Crippen LogP contribution in [0.25, 0.3) is 22.3 Å². The lowest BCUT2D eigenvalue weighted by Gasteiger charge is -2.11. The normalized spacial score (nSPS) is 18.5. The van der Waals surface area contributed by atoms with E-state index in [9.17, 15) is 0 Å². The van der Waals surface area contributed by atoms with Gasteiger partial charge in [-0.2, -0.15) is 4.98 Å². The van der Waals surface area contributed by atoms with Crippen LogP contribution in [0.1, 0.15) is 6.42 Å². The third-order valence-corrected chi connectivity index (χ3v) is 3.88. The van der Waals surface area contributed by atoms with Crippen LogP contribution in [0.5, 0.6) is 0 Å². The van der Waals surface area contributed by atoms with Gasteiger partial charge in [-0.25, -0.2) is 0 Å². The molecule has 0 radical (unpaired) electrons. The second kappa shape index (κ2) is 4.82. The topological polar surface area (TPSA) is 83.7 Å². The minimum atomic E-state index is 0.211. The van der Waals surface area contributed by atoms with Crippen molar-refractivity contribution in [2.24, 2.45) is 5.73 Å². The molecular formula is C15H16N6. The van der Waals surface area contributed by atoms with Crippen molar-refractivity contribution in [3.8, 4) is 11.5 Å². The van der Waals surface area contributed by atoms with E-state index in [-0.39, 0.29) is 6.04 Å². The van der Waals surface area contributed by atoms with Crippen LogP contribution in [0.2, 0.25) is 0 Å². The molecule has 21 heavy (non-hydrogen) atoms. The van der Waals surface area contributed by atoms with E-state index in [1.807, 2.05) is 24.3 Å². The van der Waals surface area contributed by atoms with E-state index < -0.39 is 0 Å². The molecule has 1 unspecified atom stereocenters. The lowest BCUT2D eigenvalue weighted by Crippen LogP contribution is -2.26. The maximum absolute atomic E-state index is 5.94. The Labute approximate surface area is 122 Å². The highest BCUT2D eigenvalue weighted by Crippen LogP contribution is 2.25. The van der Waals surface area contributed by atoms with Gasteiger partial charge in [0.25, 0.3) is 0 Å². The van der Waals surface area contributed by atoms with Crippen molar-refractivity contribution in [3.05, 3.63) is 36.5 Å². The Balaban J connectivity index is 1.74. The van der Waals surface area contributed by atoms with Gasteiger partial charge in [0.2, 0.25) is 5.95 Å². The molecule has 0 saturated carbocycles. The first-order chi connectivity index (χ1) is 10.3. The Hall–Kier alpha value is -2.47. The van der Waals surface area contributed by atoms with Gasteiger partial charge in [-0.15, -0.1) is 5.10 Å². The fourth-order valence-electron chi connectivity index (χ4n) is 2.78. The maximum Gasteiger partial charge on any atom is 0.245 e. The number of hydrogen-bond donors (Lipinski definition) is 2. The number of aromatic nitrogens is 4. The van der Waals surface area contributed by atoms with Crippen molar-refractivity contribution in [1.29, 1.82) is 0 Å². The van der Waals surface area contributed by atoms with E-state index in [0.717, 1.165) is 36.0 Å². The summed E-state index contributed by atoms with van der Waals surface area (Å²) < 4.78 is 0. The van der Waals surface area contributed by atoms with Gasteiger partial charge >= 0.3 is 0 Å². The van der Waals surface area contributed by atoms with E-state index in [1.54, 1.807) is 6.20 Å². The first-order valence-electron chi connectivity index (χ1n) is 7.08. The molecule has 0 bridgehead atoms. The SMILES string of the molecule is NC1CCN(c2n[nH]c(-c3nccc4ccccc34)n2)C1. The summed E-state index contributed by atoms with van der Waals surface area (Å²) in [5.74, 6) is 1.40. The molecule has 1 aliphatic rings. The predicted molar refractivity (Wildman–Crippen MR) is 81.9 cm³/mol. The molecular weight excluding hydrogens is 264 g/mol. The third-order valence-electron chi connectivity index (χ3n) is 3.88. The highest BCUT2D eigenvalue weighted by atomic mass is 15.4. The van der Waals surface area contributed by atoms with Gasteiger partial charge in [-0.3, -0.25) is 10.1 Å². The Kier molecular flexibility index (Phi) is 2.82. The summed E-state index contributed by atoms with van der Waals surface area (Å²) in [6, 6.07) is 10.3. The van der Waals surface area contributed by atoms with Crippen LogP contribution in [0.4, 0.5) is 5.95 Å². The van der Waals surface area contributed by atoms with Crippen molar-refractivity contribution in [1.82, 2.24) is 20.2 Å². The van der Waals surface area contributed by atoms with Crippen LogP contribution >= 0.6 is 0 Å². The van der Waals surface area contributed by atoms with Crippen LogP contribution in [-0.4, -0.2) is 39.3 Å². The van der Waals surface area contributed by atoms with Crippen molar-refractivity contribution < 1.29 is 0 Å². The van der Waals surface area contributed by atoms with E-state index >= 15 is 0 Å². The van der Waals surface area contributed by atoms with Crippen LogP contribution < -0.4 is 10.6 Å². The minimum Gasteiger partial charge on any atom is -0.338 e. The molecule has 1 fully saturated rings. The Morgan fingerprint density at radius 3 is 3.00 bits per heavy atom. The summed E-state index contributed by atoms with van der Waals surface area (Å²) in [6.45, 7) is 1.71. The summed E-state index contributed by atoms with van der Waals surface area (Å²) >= 11 is 0. The Bertz CT molecular complexity index is 775. The fourth-order valence-corrected chi connectivity index (χ4v) is 2.78. The number of aromatic amines is 1. The lowest BCUT2D eigenvalue weighted by molar-refractivity contribution is 0.750. The summed E-state index contributed by atoms with van der Waals surface area (Å²) in [5.41, 5.74) is 6.76.